The number of hydrogen-bond acceptors (Lipinski definition) is 5. The van der Waals surface area contributed by atoms with Crippen LogP contribution in [0.15, 0.2) is 29.3 Å². The standard InChI is InChI=1S/C16H10N4OS/c1-2-7-22-16-13(9-18)14(12(8-17)15(19)20-16)10-3-5-11(21)6-4-10/h1,3-6,21H,7H2,(H2,19,20)/p+1. The highest BCUT2D eigenvalue weighted by Crippen LogP contribution is 2.34. The van der Waals surface area contributed by atoms with Gasteiger partial charge < -0.3 is 5.11 Å². The lowest BCUT2D eigenvalue weighted by atomic mass is 9.97. The summed E-state index contributed by atoms with van der Waals surface area (Å²) in [4.78, 5) is 2.85. The Morgan fingerprint density at radius 1 is 1.18 bits per heavy atom. The summed E-state index contributed by atoms with van der Waals surface area (Å²) in [7, 11) is 0. The van der Waals surface area contributed by atoms with Crippen molar-refractivity contribution in [1.29, 1.82) is 10.5 Å². The van der Waals surface area contributed by atoms with Crippen molar-refractivity contribution in [2.45, 2.75) is 5.03 Å². The Labute approximate surface area is 132 Å². The zero-order valence-electron chi connectivity index (χ0n) is 11.4. The summed E-state index contributed by atoms with van der Waals surface area (Å²) in [6.07, 6.45) is 5.25. The molecule has 0 bridgehead atoms. The largest absolute Gasteiger partial charge is 0.508 e. The first-order valence-electron chi connectivity index (χ1n) is 6.17. The number of thioether (sulfide) groups is 1. The number of aromatic hydroxyl groups is 1. The Bertz CT molecular complexity index is 839. The highest BCUT2D eigenvalue weighted by molar-refractivity contribution is 7.99. The minimum absolute atomic E-state index is 0.0955. The second-order valence-electron chi connectivity index (χ2n) is 4.26. The van der Waals surface area contributed by atoms with E-state index in [0.29, 0.717) is 27.5 Å². The van der Waals surface area contributed by atoms with E-state index < -0.39 is 0 Å². The summed E-state index contributed by atoms with van der Waals surface area (Å²) in [6.45, 7) is 0. The van der Waals surface area contributed by atoms with Crippen LogP contribution in [0.2, 0.25) is 0 Å². The van der Waals surface area contributed by atoms with Crippen molar-refractivity contribution in [2.75, 3.05) is 11.5 Å². The molecular formula is C16H11N4OS+. The summed E-state index contributed by atoms with van der Waals surface area (Å²) < 4.78 is 0. The van der Waals surface area contributed by atoms with Gasteiger partial charge >= 0.3 is 0 Å². The quantitative estimate of drug-likeness (QED) is 0.665. The van der Waals surface area contributed by atoms with Gasteiger partial charge in [-0.15, -0.1) is 6.42 Å². The van der Waals surface area contributed by atoms with Gasteiger partial charge in [-0.1, -0.05) is 29.8 Å². The summed E-state index contributed by atoms with van der Waals surface area (Å²) >= 11 is 1.26. The van der Waals surface area contributed by atoms with Crippen LogP contribution in [0.25, 0.3) is 11.1 Å². The van der Waals surface area contributed by atoms with Gasteiger partial charge in [0.2, 0.25) is 0 Å². The number of aromatic amines is 1. The van der Waals surface area contributed by atoms with E-state index in [-0.39, 0.29) is 17.1 Å². The van der Waals surface area contributed by atoms with Gasteiger partial charge in [-0.05, 0) is 17.7 Å². The van der Waals surface area contributed by atoms with Crippen LogP contribution in [0.4, 0.5) is 5.82 Å². The number of terminal acetylenes is 1. The molecule has 106 valence electrons. The molecule has 0 aliphatic carbocycles. The van der Waals surface area contributed by atoms with Crippen molar-refractivity contribution in [3.8, 4) is 41.4 Å². The predicted molar refractivity (Wildman–Crippen MR) is 83.5 cm³/mol. The van der Waals surface area contributed by atoms with E-state index in [1.54, 1.807) is 12.1 Å². The molecule has 0 amide bonds. The molecule has 0 spiro atoms. The zero-order valence-corrected chi connectivity index (χ0v) is 12.2. The number of phenols is 1. The number of anilines is 1. The lowest BCUT2D eigenvalue weighted by Crippen LogP contribution is -2.18. The number of nitrogens with zero attached hydrogens (tertiary/aromatic N) is 2. The molecule has 2 aromatic rings. The Morgan fingerprint density at radius 3 is 2.36 bits per heavy atom. The van der Waals surface area contributed by atoms with Crippen LogP contribution in [-0.2, 0) is 0 Å². The van der Waals surface area contributed by atoms with Crippen LogP contribution in [0.5, 0.6) is 5.75 Å². The predicted octanol–water partition coefficient (Wildman–Crippen LogP) is 1.92. The Balaban J connectivity index is 2.77. The molecule has 5 nitrogen and oxygen atoms in total. The average Bonchev–Trinajstić information content (AvgIpc) is 2.53. The number of nitriles is 2. The number of hydrogen-bond donors (Lipinski definition) is 2. The summed E-state index contributed by atoms with van der Waals surface area (Å²) in [5.74, 6) is 3.11. The first-order valence-corrected chi connectivity index (χ1v) is 7.15. The fourth-order valence-corrected chi connectivity index (χ4v) is 2.68. The lowest BCUT2D eigenvalue weighted by molar-refractivity contribution is -0.410. The van der Waals surface area contributed by atoms with Gasteiger partial charge in [0.1, 0.15) is 29.0 Å². The van der Waals surface area contributed by atoms with Gasteiger partial charge in [0.25, 0.3) is 5.82 Å². The first-order chi connectivity index (χ1) is 10.6. The van der Waals surface area contributed by atoms with Gasteiger partial charge in [-0.2, -0.15) is 10.5 Å². The van der Waals surface area contributed by atoms with Crippen LogP contribution in [0.1, 0.15) is 11.1 Å². The van der Waals surface area contributed by atoms with Gasteiger partial charge in [0.15, 0.2) is 5.03 Å². The third-order valence-electron chi connectivity index (χ3n) is 2.92. The third kappa shape index (κ3) is 2.81. The number of pyridine rings is 1. The van der Waals surface area contributed by atoms with Crippen LogP contribution in [-0.4, -0.2) is 10.9 Å². The molecule has 6 heteroatoms. The minimum atomic E-state index is 0.0955. The molecule has 2 rings (SSSR count). The average molecular weight is 307 g/mol. The fraction of sp³-hybridized carbons (Fsp3) is 0.0625. The zero-order chi connectivity index (χ0) is 16.1. The van der Waals surface area contributed by atoms with E-state index in [1.807, 2.05) is 6.07 Å². The topological polar surface area (TPSA) is 108 Å². The molecule has 0 aliphatic heterocycles. The number of nitrogens with one attached hydrogen (secondary N) is 1. The highest BCUT2D eigenvalue weighted by atomic mass is 32.2. The molecule has 1 aromatic carbocycles. The van der Waals surface area contributed by atoms with Crippen molar-refractivity contribution < 1.29 is 10.1 Å². The maximum atomic E-state index is 9.49. The van der Waals surface area contributed by atoms with Crippen LogP contribution in [0.3, 0.4) is 0 Å². The number of nitrogens with two attached hydrogens (primary N) is 1. The molecule has 4 N–H and O–H groups in total. The number of phenolic OH excluding ortho intramolecular Hbond substituents is 1. The molecule has 0 unspecified atom stereocenters. The summed E-state index contributed by atoms with van der Waals surface area (Å²) in [5.41, 5.74) is 7.43. The molecule has 0 saturated carbocycles. The van der Waals surface area contributed by atoms with Crippen molar-refractivity contribution >= 4 is 17.6 Å². The maximum Gasteiger partial charge on any atom is 0.289 e. The van der Waals surface area contributed by atoms with Crippen LogP contribution < -0.4 is 10.7 Å². The minimum Gasteiger partial charge on any atom is -0.508 e. The SMILES string of the molecule is C#CCSc1[nH+]c(N)c(C#N)c(-c2ccc(O)cc2)c1C#N. The second kappa shape index (κ2) is 6.54. The van der Waals surface area contributed by atoms with Gasteiger partial charge in [0, 0.05) is 5.56 Å². The Morgan fingerprint density at radius 2 is 1.82 bits per heavy atom. The normalized spacial score (nSPS) is 9.50. The highest BCUT2D eigenvalue weighted by Gasteiger charge is 2.23. The fourth-order valence-electron chi connectivity index (χ4n) is 1.98. The first kappa shape index (κ1) is 15.3. The second-order valence-corrected chi connectivity index (χ2v) is 5.24. The molecule has 0 saturated heterocycles. The molecule has 22 heavy (non-hydrogen) atoms. The van der Waals surface area contributed by atoms with E-state index in [1.165, 1.54) is 23.9 Å². The Kier molecular flexibility index (Phi) is 4.53. The van der Waals surface area contributed by atoms with Crippen molar-refractivity contribution in [1.82, 2.24) is 0 Å². The van der Waals surface area contributed by atoms with E-state index in [4.69, 9.17) is 12.2 Å². The monoisotopic (exact) mass is 307 g/mol. The van der Waals surface area contributed by atoms with Gasteiger partial charge in [-0.3, -0.25) is 5.73 Å². The van der Waals surface area contributed by atoms with E-state index in [0.717, 1.165) is 0 Å². The summed E-state index contributed by atoms with van der Waals surface area (Å²) in [6, 6.07) is 10.3. The molecule has 0 fully saturated rings. The van der Waals surface area contributed by atoms with E-state index in [2.05, 4.69) is 17.0 Å². The number of aromatic nitrogens is 1. The van der Waals surface area contributed by atoms with Crippen LogP contribution >= 0.6 is 11.8 Å². The van der Waals surface area contributed by atoms with Crippen molar-refractivity contribution in [3.63, 3.8) is 0 Å². The number of benzene rings is 1. The molecule has 1 aromatic heterocycles. The smallest absolute Gasteiger partial charge is 0.289 e. The van der Waals surface area contributed by atoms with E-state index in [9.17, 15) is 15.6 Å². The number of H-pyrrole nitrogens is 1. The number of rotatable bonds is 3. The number of nitrogen functional groups attached to an aromatic ring is 1. The molecule has 0 aliphatic rings. The molecule has 0 radical (unpaired) electrons. The summed E-state index contributed by atoms with van der Waals surface area (Å²) in [5, 5.41) is 28.8. The molecule has 1 heterocycles. The van der Waals surface area contributed by atoms with Crippen LogP contribution in [0, 0.1) is 35.0 Å². The van der Waals surface area contributed by atoms with Crippen molar-refractivity contribution in [3.05, 3.63) is 35.4 Å². The lowest BCUT2D eigenvalue weighted by Gasteiger charge is -2.09. The van der Waals surface area contributed by atoms with E-state index >= 15 is 0 Å². The molecule has 0 atom stereocenters. The third-order valence-corrected chi connectivity index (χ3v) is 3.83. The van der Waals surface area contributed by atoms with Gasteiger partial charge in [0.05, 0.1) is 5.75 Å². The Hall–Kier alpha value is -3.14. The van der Waals surface area contributed by atoms with Crippen molar-refractivity contribution in [2.24, 2.45) is 0 Å². The van der Waals surface area contributed by atoms with Gasteiger partial charge in [-0.25, -0.2) is 4.98 Å². The maximum absolute atomic E-state index is 9.49. The molecular weight excluding hydrogens is 296 g/mol.